The van der Waals surface area contributed by atoms with Crippen LogP contribution in [0.2, 0.25) is 4.47 Å². The van der Waals surface area contributed by atoms with Crippen LogP contribution in [0.15, 0.2) is 12.3 Å². The minimum Gasteiger partial charge on any atom is -0.463 e. The zero-order chi connectivity index (χ0) is 9.68. The van der Waals surface area contributed by atoms with Crippen molar-refractivity contribution in [2.45, 2.75) is 6.92 Å². The van der Waals surface area contributed by atoms with Crippen molar-refractivity contribution < 1.29 is 9.53 Å². The normalized spacial score (nSPS) is 10.6. The third-order valence-corrected chi connectivity index (χ3v) is 2.25. The number of hydrogen-bond acceptors (Lipinski definition) is 4. The SMILES string of the molecule is CCOC(=O)C=Cc1cnc(Cl)s1. The Kier molecular flexibility index (Phi) is 3.92. The molecule has 1 aromatic rings. The van der Waals surface area contributed by atoms with E-state index in [1.807, 2.05) is 0 Å². The molecule has 1 rings (SSSR count). The first-order valence-electron chi connectivity index (χ1n) is 3.68. The molecule has 1 aromatic heterocycles. The first-order valence-corrected chi connectivity index (χ1v) is 4.88. The molecule has 0 aliphatic rings. The van der Waals surface area contributed by atoms with Crippen molar-refractivity contribution in [3.63, 3.8) is 0 Å². The Morgan fingerprint density at radius 3 is 3.15 bits per heavy atom. The van der Waals surface area contributed by atoms with E-state index in [9.17, 15) is 4.79 Å². The summed E-state index contributed by atoms with van der Waals surface area (Å²) in [5.41, 5.74) is 0. The highest BCUT2D eigenvalue weighted by molar-refractivity contribution is 7.16. The summed E-state index contributed by atoms with van der Waals surface area (Å²) < 4.78 is 5.16. The lowest BCUT2D eigenvalue weighted by atomic mass is 10.4. The minimum atomic E-state index is -0.355. The Hall–Kier alpha value is -0.870. The maximum absolute atomic E-state index is 10.9. The third-order valence-electron chi connectivity index (χ3n) is 1.17. The lowest BCUT2D eigenvalue weighted by Crippen LogP contribution is -1.98. The fourth-order valence-corrected chi connectivity index (χ4v) is 1.54. The lowest BCUT2D eigenvalue weighted by molar-refractivity contribution is -0.137. The van der Waals surface area contributed by atoms with E-state index in [2.05, 4.69) is 4.98 Å². The molecular formula is C8H8ClNO2S. The highest BCUT2D eigenvalue weighted by Gasteiger charge is 1.97. The highest BCUT2D eigenvalue weighted by atomic mass is 35.5. The number of rotatable bonds is 3. The first kappa shape index (κ1) is 10.2. The standard InChI is InChI=1S/C8H8ClNO2S/c1-2-12-7(11)4-3-6-5-10-8(9)13-6/h3-5H,2H2,1H3. The second-order valence-electron chi connectivity index (χ2n) is 2.10. The average molecular weight is 218 g/mol. The molecule has 0 bridgehead atoms. The van der Waals surface area contributed by atoms with E-state index in [-0.39, 0.29) is 5.97 Å². The molecule has 0 unspecified atom stereocenters. The van der Waals surface area contributed by atoms with Gasteiger partial charge in [-0.15, -0.1) is 11.3 Å². The van der Waals surface area contributed by atoms with Gasteiger partial charge in [0.15, 0.2) is 4.47 Å². The molecule has 3 nitrogen and oxygen atoms in total. The van der Waals surface area contributed by atoms with Crippen LogP contribution in [-0.2, 0) is 9.53 Å². The summed E-state index contributed by atoms with van der Waals surface area (Å²) in [4.78, 5) is 15.5. The van der Waals surface area contributed by atoms with Gasteiger partial charge in [0.1, 0.15) is 0 Å². The number of carbonyl (C=O) groups excluding carboxylic acids is 1. The van der Waals surface area contributed by atoms with Gasteiger partial charge in [-0.1, -0.05) is 11.6 Å². The van der Waals surface area contributed by atoms with E-state index in [0.717, 1.165) is 4.88 Å². The maximum atomic E-state index is 10.9. The largest absolute Gasteiger partial charge is 0.463 e. The summed E-state index contributed by atoms with van der Waals surface area (Å²) in [5, 5.41) is 0. The molecule has 0 aliphatic heterocycles. The molecule has 0 radical (unpaired) electrons. The van der Waals surface area contributed by atoms with Gasteiger partial charge < -0.3 is 4.74 Å². The number of nitrogens with zero attached hydrogens (tertiary/aromatic N) is 1. The van der Waals surface area contributed by atoms with E-state index >= 15 is 0 Å². The van der Waals surface area contributed by atoms with Gasteiger partial charge in [-0.05, 0) is 13.0 Å². The van der Waals surface area contributed by atoms with Gasteiger partial charge in [-0.25, -0.2) is 9.78 Å². The number of ether oxygens (including phenoxy) is 1. The van der Waals surface area contributed by atoms with E-state index in [1.54, 1.807) is 19.2 Å². The van der Waals surface area contributed by atoms with E-state index < -0.39 is 0 Å². The molecule has 0 atom stereocenters. The Bertz CT molecular complexity index is 322. The van der Waals surface area contributed by atoms with E-state index in [1.165, 1.54) is 17.4 Å². The van der Waals surface area contributed by atoms with Crippen molar-refractivity contribution in [2.75, 3.05) is 6.61 Å². The Morgan fingerprint density at radius 2 is 2.62 bits per heavy atom. The second kappa shape index (κ2) is 4.99. The minimum absolute atomic E-state index is 0.355. The molecule has 0 aliphatic carbocycles. The van der Waals surface area contributed by atoms with Crippen LogP contribution in [0.4, 0.5) is 0 Å². The van der Waals surface area contributed by atoms with Gasteiger partial charge >= 0.3 is 5.97 Å². The number of carbonyl (C=O) groups is 1. The molecule has 0 N–H and O–H groups in total. The van der Waals surface area contributed by atoms with E-state index in [0.29, 0.717) is 11.1 Å². The zero-order valence-corrected chi connectivity index (χ0v) is 8.56. The quantitative estimate of drug-likeness (QED) is 0.577. The van der Waals surface area contributed by atoms with Gasteiger partial charge in [-0.2, -0.15) is 0 Å². The highest BCUT2D eigenvalue weighted by Crippen LogP contribution is 2.18. The van der Waals surface area contributed by atoms with Gasteiger partial charge in [0.25, 0.3) is 0 Å². The molecule has 0 fully saturated rings. The van der Waals surface area contributed by atoms with Crippen LogP contribution in [0.5, 0.6) is 0 Å². The van der Waals surface area contributed by atoms with Crippen molar-refractivity contribution in [2.24, 2.45) is 0 Å². The molecule has 70 valence electrons. The topological polar surface area (TPSA) is 39.2 Å². The van der Waals surface area contributed by atoms with Crippen LogP contribution < -0.4 is 0 Å². The van der Waals surface area contributed by atoms with Crippen molar-refractivity contribution >= 4 is 35.0 Å². The molecule has 0 saturated heterocycles. The van der Waals surface area contributed by atoms with Crippen LogP contribution in [0, 0.1) is 0 Å². The monoisotopic (exact) mass is 217 g/mol. The number of thiazole rings is 1. The van der Waals surface area contributed by atoms with Crippen molar-refractivity contribution in [3.05, 3.63) is 21.6 Å². The Morgan fingerprint density at radius 1 is 1.85 bits per heavy atom. The smallest absolute Gasteiger partial charge is 0.330 e. The van der Waals surface area contributed by atoms with Crippen LogP contribution >= 0.6 is 22.9 Å². The fourth-order valence-electron chi connectivity index (χ4n) is 0.682. The lowest BCUT2D eigenvalue weighted by Gasteiger charge is -1.92. The predicted octanol–water partition coefficient (Wildman–Crippen LogP) is 2.37. The second-order valence-corrected chi connectivity index (χ2v) is 3.75. The average Bonchev–Trinajstić information content (AvgIpc) is 2.49. The fraction of sp³-hybridized carbons (Fsp3) is 0.250. The molecule has 13 heavy (non-hydrogen) atoms. The molecule has 0 spiro atoms. The van der Waals surface area contributed by atoms with E-state index in [4.69, 9.17) is 16.3 Å². The molecule has 0 saturated carbocycles. The predicted molar refractivity (Wildman–Crippen MR) is 52.8 cm³/mol. The zero-order valence-electron chi connectivity index (χ0n) is 6.99. The van der Waals surface area contributed by atoms with Crippen LogP contribution in [0.3, 0.4) is 0 Å². The van der Waals surface area contributed by atoms with Gasteiger partial charge in [0.05, 0.1) is 6.61 Å². The Labute approximate surface area is 85.0 Å². The molecule has 0 amide bonds. The summed E-state index contributed by atoms with van der Waals surface area (Å²) in [7, 11) is 0. The number of hydrogen-bond donors (Lipinski definition) is 0. The Balaban J connectivity index is 2.53. The van der Waals surface area contributed by atoms with Crippen LogP contribution in [-0.4, -0.2) is 17.6 Å². The van der Waals surface area contributed by atoms with Crippen molar-refractivity contribution in [1.29, 1.82) is 0 Å². The van der Waals surface area contributed by atoms with Crippen molar-refractivity contribution in [1.82, 2.24) is 4.98 Å². The van der Waals surface area contributed by atoms with Crippen LogP contribution in [0.1, 0.15) is 11.8 Å². The van der Waals surface area contributed by atoms with Crippen LogP contribution in [0.25, 0.3) is 6.08 Å². The van der Waals surface area contributed by atoms with Gasteiger partial charge in [-0.3, -0.25) is 0 Å². The van der Waals surface area contributed by atoms with Crippen molar-refractivity contribution in [3.8, 4) is 0 Å². The molecule has 5 heteroatoms. The molecule has 0 aromatic carbocycles. The third kappa shape index (κ3) is 3.57. The maximum Gasteiger partial charge on any atom is 0.330 e. The molecular weight excluding hydrogens is 210 g/mol. The van der Waals surface area contributed by atoms with Gasteiger partial charge in [0, 0.05) is 17.2 Å². The number of halogens is 1. The summed E-state index contributed by atoms with van der Waals surface area (Å²) in [5.74, 6) is -0.355. The number of aromatic nitrogens is 1. The first-order chi connectivity index (χ1) is 6.22. The molecule has 1 heterocycles. The summed E-state index contributed by atoms with van der Waals surface area (Å²) >= 11 is 6.90. The van der Waals surface area contributed by atoms with Gasteiger partial charge in [0.2, 0.25) is 0 Å². The summed E-state index contributed by atoms with van der Waals surface area (Å²) in [6, 6.07) is 0. The number of esters is 1. The summed E-state index contributed by atoms with van der Waals surface area (Å²) in [6.07, 6.45) is 4.58. The summed E-state index contributed by atoms with van der Waals surface area (Å²) in [6.45, 7) is 2.14.